The van der Waals surface area contributed by atoms with Gasteiger partial charge in [-0.3, -0.25) is 4.72 Å². The van der Waals surface area contributed by atoms with Crippen molar-refractivity contribution in [1.29, 1.82) is 0 Å². The number of oxime groups is 1. The predicted molar refractivity (Wildman–Crippen MR) is 70.2 cm³/mol. The number of anilines is 1. The Hall–Kier alpha value is -1.51. The highest BCUT2D eigenvalue weighted by Crippen LogP contribution is 2.23. The highest BCUT2D eigenvalue weighted by Gasteiger charge is 2.11. The lowest BCUT2D eigenvalue weighted by Gasteiger charge is -2.10. The van der Waals surface area contributed by atoms with Crippen LogP contribution in [0.2, 0.25) is 5.02 Å². The Bertz CT molecular complexity index is 559. The summed E-state index contributed by atoms with van der Waals surface area (Å²) in [5.74, 6) is -0.113. The second-order valence-electron chi connectivity index (χ2n) is 3.28. The topological polar surface area (TPSA) is 117 Å². The SMILES string of the molecule is CCNS(=O)(=O)Nc1ccc(/C(N)=N/O)cc1Cl. The van der Waals surface area contributed by atoms with Crippen LogP contribution in [0.4, 0.5) is 5.69 Å². The first-order valence-corrected chi connectivity index (χ1v) is 6.80. The van der Waals surface area contributed by atoms with E-state index in [0.717, 1.165) is 0 Å². The van der Waals surface area contributed by atoms with Crippen molar-refractivity contribution in [3.63, 3.8) is 0 Å². The van der Waals surface area contributed by atoms with Gasteiger partial charge in [-0.15, -0.1) is 0 Å². The lowest BCUT2D eigenvalue weighted by Crippen LogP contribution is -2.29. The van der Waals surface area contributed by atoms with Crippen molar-refractivity contribution in [3.05, 3.63) is 28.8 Å². The molecule has 0 aliphatic rings. The Morgan fingerprint density at radius 3 is 2.72 bits per heavy atom. The second kappa shape index (κ2) is 5.89. The van der Waals surface area contributed by atoms with Gasteiger partial charge in [0.05, 0.1) is 10.7 Å². The average Bonchev–Trinajstić information content (AvgIpc) is 2.30. The number of halogens is 1. The largest absolute Gasteiger partial charge is 0.409 e. The fourth-order valence-electron chi connectivity index (χ4n) is 1.19. The van der Waals surface area contributed by atoms with Gasteiger partial charge < -0.3 is 10.9 Å². The minimum atomic E-state index is -3.64. The summed E-state index contributed by atoms with van der Waals surface area (Å²) >= 11 is 5.89. The summed E-state index contributed by atoms with van der Waals surface area (Å²) < 4.78 is 27.4. The molecule has 0 fully saturated rings. The van der Waals surface area contributed by atoms with E-state index in [9.17, 15) is 8.42 Å². The second-order valence-corrected chi connectivity index (χ2v) is 5.19. The average molecular weight is 293 g/mol. The summed E-state index contributed by atoms with van der Waals surface area (Å²) in [5, 5.41) is 11.5. The Labute approximate surface area is 110 Å². The summed E-state index contributed by atoms with van der Waals surface area (Å²) in [5.41, 5.74) is 5.96. The minimum Gasteiger partial charge on any atom is -0.409 e. The zero-order chi connectivity index (χ0) is 13.8. The molecule has 1 aromatic rings. The molecule has 0 bridgehead atoms. The van der Waals surface area contributed by atoms with Crippen molar-refractivity contribution in [2.75, 3.05) is 11.3 Å². The molecule has 0 unspecified atom stereocenters. The van der Waals surface area contributed by atoms with Crippen LogP contribution < -0.4 is 15.2 Å². The first kappa shape index (κ1) is 14.6. The lowest BCUT2D eigenvalue weighted by molar-refractivity contribution is 0.318. The van der Waals surface area contributed by atoms with Crippen molar-refractivity contribution < 1.29 is 13.6 Å². The van der Waals surface area contributed by atoms with Gasteiger partial charge in [0, 0.05) is 12.1 Å². The van der Waals surface area contributed by atoms with Gasteiger partial charge in [0.2, 0.25) is 0 Å². The van der Waals surface area contributed by atoms with Gasteiger partial charge >= 0.3 is 0 Å². The smallest absolute Gasteiger partial charge is 0.299 e. The zero-order valence-corrected chi connectivity index (χ0v) is 11.1. The third-order valence-electron chi connectivity index (χ3n) is 1.95. The van der Waals surface area contributed by atoms with Gasteiger partial charge in [0.1, 0.15) is 0 Å². The third kappa shape index (κ3) is 3.76. The highest BCUT2D eigenvalue weighted by atomic mass is 35.5. The van der Waals surface area contributed by atoms with E-state index in [4.69, 9.17) is 22.5 Å². The number of nitrogens with two attached hydrogens (primary N) is 1. The van der Waals surface area contributed by atoms with Crippen LogP contribution in [-0.2, 0) is 10.2 Å². The molecule has 1 aromatic carbocycles. The molecule has 5 N–H and O–H groups in total. The summed E-state index contributed by atoms with van der Waals surface area (Å²) in [6.07, 6.45) is 0. The van der Waals surface area contributed by atoms with Gasteiger partial charge in [-0.1, -0.05) is 23.7 Å². The molecule has 0 aliphatic heterocycles. The van der Waals surface area contributed by atoms with Gasteiger partial charge in [0.15, 0.2) is 5.84 Å². The van der Waals surface area contributed by atoms with Crippen LogP contribution in [-0.4, -0.2) is 26.0 Å². The van der Waals surface area contributed by atoms with Crippen LogP contribution >= 0.6 is 11.6 Å². The van der Waals surface area contributed by atoms with E-state index in [-0.39, 0.29) is 23.1 Å². The minimum absolute atomic E-state index is 0.113. The maximum atomic E-state index is 11.5. The van der Waals surface area contributed by atoms with Gasteiger partial charge in [-0.05, 0) is 18.2 Å². The zero-order valence-electron chi connectivity index (χ0n) is 9.51. The fraction of sp³-hybridized carbons (Fsp3) is 0.222. The number of amidine groups is 1. The van der Waals surface area contributed by atoms with E-state index < -0.39 is 10.2 Å². The number of benzene rings is 1. The van der Waals surface area contributed by atoms with E-state index in [1.165, 1.54) is 18.2 Å². The molecule has 0 aliphatic carbocycles. The molecular formula is C9H13ClN4O3S. The van der Waals surface area contributed by atoms with E-state index in [1.54, 1.807) is 6.92 Å². The van der Waals surface area contributed by atoms with Crippen molar-refractivity contribution >= 4 is 33.3 Å². The number of nitrogens with one attached hydrogen (secondary N) is 2. The van der Waals surface area contributed by atoms with Gasteiger partial charge in [-0.2, -0.15) is 13.1 Å². The first-order valence-electron chi connectivity index (χ1n) is 4.94. The number of hydrogen-bond acceptors (Lipinski definition) is 4. The van der Waals surface area contributed by atoms with E-state index in [1.807, 2.05) is 0 Å². The Balaban J connectivity index is 3.00. The van der Waals surface area contributed by atoms with E-state index >= 15 is 0 Å². The number of hydrogen-bond donors (Lipinski definition) is 4. The van der Waals surface area contributed by atoms with Crippen LogP contribution in [0, 0.1) is 0 Å². The van der Waals surface area contributed by atoms with Crippen LogP contribution in [0.3, 0.4) is 0 Å². The third-order valence-corrected chi connectivity index (χ3v) is 3.42. The summed E-state index contributed by atoms with van der Waals surface area (Å²) in [6, 6.07) is 4.29. The summed E-state index contributed by atoms with van der Waals surface area (Å²) in [6.45, 7) is 1.91. The van der Waals surface area contributed by atoms with Crippen molar-refractivity contribution in [2.45, 2.75) is 6.92 Å². The van der Waals surface area contributed by atoms with E-state index in [2.05, 4.69) is 14.6 Å². The van der Waals surface area contributed by atoms with Crippen molar-refractivity contribution in [2.24, 2.45) is 10.9 Å². The monoisotopic (exact) mass is 292 g/mol. The van der Waals surface area contributed by atoms with Crippen molar-refractivity contribution in [3.8, 4) is 0 Å². The van der Waals surface area contributed by atoms with E-state index in [0.29, 0.717) is 5.56 Å². The molecule has 100 valence electrons. The normalized spacial score (nSPS) is 12.4. The summed E-state index contributed by atoms with van der Waals surface area (Å²) in [7, 11) is -3.64. The Morgan fingerprint density at radius 2 is 2.22 bits per heavy atom. The molecule has 1 rings (SSSR count). The Morgan fingerprint density at radius 1 is 1.56 bits per heavy atom. The fourth-order valence-corrected chi connectivity index (χ4v) is 2.39. The quantitative estimate of drug-likeness (QED) is 0.276. The molecule has 0 heterocycles. The number of rotatable bonds is 5. The molecular weight excluding hydrogens is 280 g/mol. The lowest BCUT2D eigenvalue weighted by atomic mass is 10.2. The number of nitrogens with zero attached hydrogens (tertiary/aromatic N) is 1. The molecule has 0 radical (unpaired) electrons. The highest BCUT2D eigenvalue weighted by molar-refractivity contribution is 7.90. The van der Waals surface area contributed by atoms with Gasteiger partial charge in [-0.25, -0.2) is 0 Å². The molecule has 0 atom stereocenters. The molecule has 0 aromatic heterocycles. The molecule has 0 amide bonds. The van der Waals surface area contributed by atoms with Crippen LogP contribution in [0.5, 0.6) is 0 Å². The van der Waals surface area contributed by atoms with Crippen LogP contribution in [0.1, 0.15) is 12.5 Å². The standard InChI is InChI=1S/C9H13ClN4O3S/c1-2-12-18(16,17)14-8-4-3-6(5-7(8)10)9(11)13-15/h3-5,12,14-15H,2H2,1H3,(H2,11,13). The maximum absolute atomic E-state index is 11.5. The Kier molecular flexibility index (Phi) is 4.76. The summed E-state index contributed by atoms with van der Waals surface area (Å²) in [4.78, 5) is 0. The molecule has 7 nitrogen and oxygen atoms in total. The van der Waals surface area contributed by atoms with Gasteiger partial charge in [0.25, 0.3) is 10.2 Å². The molecule has 9 heteroatoms. The maximum Gasteiger partial charge on any atom is 0.299 e. The molecule has 18 heavy (non-hydrogen) atoms. The first-order chi connectivity index (χ1) is 8.39. The van der Waals surface area contributed by atoms with Crippen molar-refractivity contribution in [1.82, 2.24) is 4.72 Å². The predicted octanol–water partition coefficient (Wildman–Crippen LogP) is 0.701. The molecule has 0 saturated carbocycles. The van der Waals surface area contributed by atoms with Crippen LogP contribution in [0.15, 0.2) is 23.4 Å². The molecule has 0 saturated heterocycles. The van der Waals surface area contributed by atoms with Crippen LogP contribution in [0.25, 0.3) is 0 Å². The molecule has 0 spiro atoms.